The van der Waals surface area contributed by atoms with Crippen molar-refractivity contribution >= 4 is 0 Å². The highest BCUT2D eigenvalue weighted by molar-refractivity contribution is 4.92. The third-order valence-electron chi connectivity index (χ3n) is 3.02. The minimum Gasteiger partial charge on any atom is -0.314 e. The molecule has 0 aromatic heterocycles. The van der Waals surface area contributed by atoms with Crippen LogP contribution in [0.2, 0.25) is 0 Å². The van der Waals surface area contributed by atoms with E-state index in [2.05, 4.69) is 24.2 Å². The van der Waals surface area contributed by atoms with Gasteiger partial charge in [0.25, 0.3) is 0 Å². The average molecular weight is 185 g/mol. The maximum absolute atomic E-state index is 6.08. The normalized spacial score (nSPS) is 23.3. The quantitative estimate of drug-likeness (QED) is 0.645. The van der Waals surface area contributed by atoms with Crippen LogP contribution >= 0.6 is 0 Å². The Balaban J connectivity index is 2.61. The third-order valence-corrected chi connectivity index (χ3v) is 3.02. The van der Waals surface area contributed by atoms with Crippen LogP contribution in [0.15, 0.2) is 0 Å². The summed E-state index contributed by atoms with van der Waals surface area (Å²) in [5.41, 5.74) is 0.238. The number of rotatable bonds is 4. The van der Waals surface area contributed by atoms with Crippen LogP contribution in [0.3, 0.4) is 0 Å². The highest BCUT2D eigenvalue weighted by atomic mass is 15.5. The van der Waals surface area contributed by atoms with Crippen molar-refractivity contribution in [3.63, 3.8) is 0 Å². The lowest BCUT2D eigenvalue weighted by atomic mass is 9.86. The van der Waals surface area contributed by atoms with Gasteiger partial charge in [0.2, 0.25) is 0 Å². The number of hydrazine groups is 1. The lowest BCUT2D eigenvalue weighted by Gasteiger charge is -2.45. The van der Waals surface area contributed by atoms with Crippen LogP contribution in [0.5, 0.6) is 0 Å². The van der Waals surface area contributed by atoms with E-state index in [0.717, 1.165) is 19.6 Å². The second-order valence-electron chi connectivity index (χ2n) is 4.09. The van der Waals surface area contributed by atoms with E-state index in [1.165, 1.54) is 25.7 Å². The number of hydrogen-bond donors (Lipinski definition) is 2. The summed E-state index contributed by atoms with van der Waals surface area (Å²) < 4.78 is 0. The molecular weight excluding hydrogens is 162 g/mol. The first-order valence-electron chi connectivity index (χ1n) is 5.48. The molecule has 1 heterocycles. The van der Waals surface area contributed by atoms with Crippen molar-refractivity contribution in [1.82, 2.24) is 10.3 Å². The Morgan fingerprint density at radius 3 is 2.38 bits per heavy atom. The average Bonchev–Trinajstić information content (AvgIpc) is 2.11. The molecule has 0 bridgehead atoms. The van der Waals surface area contributed by atoms with Gasteiger partial charge in [-0.3, -0.25) is 5.84 Å². The molecule has 1 fully saturated rings. The van der Waals surface area contributed by atoms with Crippen molar-refractivity contribution in [3.8, 4) is 0 Å². The minimum absolute atomic E-state index is 0.238. The van der Waals surface area contributed by atoms with Gasteiger partial charge in [0.1, 0.15) is 0 Å². The van der Waals surface area contributed by atoms with Gasteiger partial charge >= 0.3 is 0 Å². The molecule has 0 aliphatic carbocycles. The molecule has 13 heavy (non-hydrogen) atoms. The monoisotopic (exact) mass is 185 g/mol. The topological polar surface area (TPSA) is 41.3 Å². The van der Waals surface area contributed by atoms with Crippen molar-refractivity contribution in [2.75, 3.05) is 19.6 Å². The van der Waals surface area contributed by atoms with Gasteiger partial charge in [-0.05, 0) is 12.8 Å². The molecule has 0 atom stereocenters. The second-order valence-corrected chi connectivity index (χ2v) is 4.09. The molecule has 3 heteroatoms. The number of nitrogens with two attached hydrogens (primary N) is 1. The van der Waals surface area contributed by atoms with Crippen LogP contribution in [0.4, 0.5) is 0 Å². The molecule has 1 aliphatic heterocycles. The first kappa shape index (κ1) is 11.0. The smallest absolute Gasteiger partial charge is 0.0476 e. The van der Waals surface area contributed by atoms with Gasteiger partial charge in [-0.25, -0.2) is 5.01 Å². The van der Waals surface area contributed by atoms with Gasteiger partial charge in [-0.2, -0.15) is 0 Å². The van der Waals surface area contributed by atoms with Crippen molar-refractivity contribution in [2.45, 2.75) is 45.1 Å². The Hall–Kier alpha value is -0.120. The fourth-order valence-corrected chi connectivity index (χ4v) is 2.38. The molecule has 78 valence electrons. The molecule has 0 amide bonds. The maximum Gasteiger partial charge on any atom is 0.0476 e. The zero-order valence-corrected chi connectivity index (χ0v) is 8.97. The summed E-state index contributed by atoms with van der Waals surface area (Å²) in [7, 11) is 0. The van der Waals surface area contributed by atoms with E-state index in [1.54, 1.807) is 0 Å². The highest BCUT2D eigenvalue weighted by Gasteiger charge is 2.35. The van der Waals surface area contributed by atoms with Crippen molar-refractivity contribution in [1.29, 1.82) is 0 Å². The lowest BCUT2D eigenvalue weighted by Crippen LogP contribution is -2.63. The SMILES string of the molecule is CCCC1(CCC)CNCCN1N. The van der Waals surface area contributed by atoms with Crippen LogP contribution in [0.1, 0.15) is 39.5 Å². The van der Waals surface area contributed by atoms with Crippen LogP contribution < -0.4 is 11.2 Å². The first-order valence-corrected chi connectivity index (χ1v) is 5.48. The van der Waals surface area contributed by atoms with E-state index in [0.29, 0.717) is 0 Å². The van der Waals surface area contributed by atoms with Gasteiger partial charge < -0.3 is 5.32 Å². The zero-order chi connectivity index (χ0) is 9.73. The summed E-state index contributed by atoms with van der Waals surface area (Å²) in [4.78, 5) is 0. The van der Waals surface area contributed by atoms with E-state index in [4.69, 9.17) is 5.84 Å². The van der Waals surface area contributed by atoms with Crippen LogP contribution in [-0.2, 0) is 0 Å². The van der Waals surface area contributed by atoms with Gasteiger partial charge in [0, 0.05) is 25.2 Å². The van der Waals surface area contributed by atoms with Gasteiger partial charge in [-0.1, -0.05) is 26.7 Å². The molecule has 0 aromatic rings. The standard InChI is InChI=1S/C10H23N3/c1-3-5-10(6-4-2)9-12-7-8-13(10)11/h12H,3-9,11H2,1-2H3. The van der Waals surface area contributed by atoms with Gasteiger partial charge in [0.05, 0.1) is 0 Å². The summed E-state index contributed by atoms with van der Waals surface area (Å²) in [6, 6.07) is 0. The van der Waals surface area contributed by atoms with Crippen molar-refractivity contribution in [3.05, 3.63) is 0 Å². The van der Waals surface area contributed by atoms with E-state index >= 15 is 0 Å². The third kappa shape index (κ3) is 2.42. The Kier molecular flexibility index (Phi) is 4.16. The summed E-state index contributed by atoms with van der Waals surface area (Å²) in [5, 5.41) is 5.52. The number of nitrogens with one attached hydrogen (secondary N) is 1. The van der Waals surface area contributed by atoms with Gasteiger partial charge in [-0.15, -0.1) is 0 Å². The first-order chi connectivity index (χ1) is 6.25. The highest BCUT2D eigenvalue weighted by Crippen LogP contribution is 2.25. The number of hydrogen-bond acceptors (Lipinski definition) is 3. The van der Waals surface area contributed by atoms with Gasteiger partial charge in [0.15, 0.2) is 0 Å². The molecule has 0 aromatic carbocycles. The minimum atomic E-state index is 0.238. The van der Waals surface area contributed by atoms with Crippen molar-refractivity contribution < 1.29 is 0 Å². The van der Waals surface area contributed by atoms with Crippen molar-refractivity contribution in [2.24, 2.45) is 5.84 Å². The predicted octanol–water partition coefficient (Wildman–Crippen LogP) is 1.10. The molecule has 3 nitrogen and oxygen atoms in total. The molecular formula is C10H23N3. The fourth-order valence-electron chi connectivity index (χ4n) is 2.38. The predicted molar refractivity (Wildman–Crippen MR) is 56.3 cm³/mol. The molecule has 0 spiro atoms. The largest absolute Gasteiger partial charge is 0.314 e. The lowest BCUT2D eigenvalue weighted by molar-refractivity contribution is 0.0425. The molecule has 0 unspecified atom stereocenters. The van der Waals surface area contributed by atoms with Crippen LogP contribution in [0, 0.1) is 0 Å². The molecule has 1 saturated heterocycles. The zero-order valence-electron chi connectivity index (χ0n) is 8.97. The van der Waals surface area contributed by atoms with E-state index in [1.807, 2.05) is 0 Å². The Bertz CT molecular complexity index is 136. The molecule has 3 N–H and O–H groups in total. The summed E-state index contributed by atoms with van der Waals surface area (Å²) in [6.07, 6.45) is 4.86. The molecule has 0 saturated carbocycles. The molecule has 1 aliphatic rings. The maximum atomic E-state index is 6.08. The van der Waals surface area contributed by atoms with E-state index in [-0.39, 0.29) is 5.54 Å². The van der Waals surface area contributed by atoms with E-state index in [9.17, 15) is 0 Å². The Labute approximate surface area is 81.6 Å². The fraction of sp³-hybridized carbons (Fsp3) is 1.00. The second kappa shape index (κ2) is 4.94. The molecule has 0 radical (unpaired) electrons. The Morgan fingerprint density at radius 2 is 1.92 bits per heavy atom. The van der Waals surface area contributed by atoms with Crippen LogP contribution in [0.25, 0.3) is 0 Å². The van der Waals surface area contributed by atoms with Crippen LogP contribution in [-0.4, -0.2) is 30.2 Å². The summed E-state index contributed by atoms with van der Waals surface area (Å²) in [6.45, 7) is 7.55. The van der Waals surface area contributed by atoms with E-state index < -0.39 is 0 Å². The molecule has 1 rings (SSSR count). The summed E-state index contributed by atoms with van der Waals surface area (Å²) >= 11 is 0. The Morgan fingerprint density at radius 1 is 1.31 bits per heavy atom. The number of nitrogens with zero attached hydrogens (tertiary/aromatic N) is 1. The summed E-state index contributed by atoms with van der Waals surface area (Å²) in [5.74, 6) is 6.08. The number of piperazine rings is 1.